The molecule has 2 unspecified atom stereocenters. The van der Waals surface area contributed by atoms with Crippen LogP contribution in [0.2, 0.25) is 0 Å². The van der Waals surface area contributed by atoms with E-state index in [1.807, 2.05) is 11.0 Å². The van der Waals surface area contributed by atoms with Crippen LogP contribution < -0.4 is 5.32 Å². The minimum atomic E-state index is 0.0795. The summed E-state index contributed by atoms with van der Waals surface area (Å²) >= 11 is 3.36. The van der Waals surface area contributed by atoms with Crippen molar-refractivity contribution in [1.82, 2.24) is 15.2 Å². The van der Waals surface area contributed by atoms with Crippen LogP contribution in [-0.4, -0.2) is 41.0 Å². The van der Waals surface area contributed by atoms with Crippen molar-refractivity contribution in [3.05, 3.63) is 28.5 Å². The van der Waals surface area contributed by atoms with E-state index in [0.29, 0.717) is 17.8 Å². The molecule has 1 aromatic heterocycles. The van der Waals surface area contributed by atoms with Gasteiger partial charge in [0.15, 0.2) is 0 Å². The lowest BCUT2D eigenvalue weighted by Gasteiger charge is -2.39. The van der Waals surface area contributed by atoms with Gasteiger partial charge in [-0.15, -0.1) is 0 Å². The fourth-order valence-electron chi connectivity index (χ4n) is 3.32. The number of nitrogens with zero attached hydrogens (tertiary/aromatic N) is 2. The molecule has 5 heteroatoms. The molecule has 1 aromatic rings. The van der Waals surface area contributed by atoms with Crippen molar-refractivity contribution in [2.75, 3.05) is 13.1 Å². The number of hydrogen-bond donors (Lipinski definition) is 1. The van der Waals surface area contributed by atoms with Crippen molar-refractivity contribution in [2.24, 2.45) is 0 Å². The molecule has 2 fully saturated rings. The second-order valence-electron chi connectivity index (χ2n) is 5.63. The van der Waals surface area contributed by atoms with E-state index in [9.17, 15) is 4.79 Å². The van der Waals surface area contributed by atoms with Crippen molar-refractivity contribution >= 4 is 21.8 Å². The van der Waals surface area contributed by atoms with Gasteiger partial charge >= 0.3 is 0 Å². The maximum absolute atomic E-state index is 12.7. The van der Waals surface area contributed by atoms with E-state index in [2.05, 4.69) is 26.2 Å². The Morgan fingerprint density at radius 1 is 1.30 bits per heavy atom. The predicted octanol–water partition coefficient (Wildman–Crippen LogP) is 2.59. The quantitative estimate of drug-likeness (QED) is 0.902. The lowest BCUT2D eigenvalue weighted by atomic mass is 9.94. The zero-order valence-electron chi connectivity index (χ0n) is 11.5. The van der Waals surface area contributed by atoms with Gasteiger partial charge < -0.3 is 10.2 Å². The van der Waals surface area contributed by atoms with Gasteiger partial charge in [-0.2, -0.15) is 0 Å². The van der Waals surface area contributed by atoms with Crippen LogP contribution in [-0.2, 0) is 0 Å². The highest BCUT2D eigenvalue weighted by Crippen LogP contribution is 2.25. The van der Waals surface area contributed by atoms with Gasteiger partial charge in [0.2, 0.25) is 0 Å². The molecule has 0 saturated carbocycles. The van der Waals surface area contributed by atoms with E-state index < -0.39 is 0 Å². The average molecular weight is 338 g/mol. The topological polar surface area (TPSA) is 45.2 Å². The molecule has 0 spiro atoms. The highest BCUT2D eigenvalue weighted by molar-refractivity contribution is 9.10. The molecule has 1 N–H and O–H groups in total. The Labute approximate surface area is 128 Å². The number of piperidine rings is 1. The van der Waals surface area contributed by atoms with E-state index in [0.717, 1.165) is 30.4 Å². The summed E-state index contributed by atoms with van der Waals surface area (Å²) in [6.07, 6.45) is 7.54. The maximum Gasteiger partial charge on any atom is 0.272 e. The van der Waals surface area contributed by atoms with Gasteiger partial charge in [-0.3, -0.25) is 4.79 Å². The number of nitrogens with one attached hydrogen (secondary N) is 1. The van der Waals surface area contributed by atoms with Gasteiger partial charge in [0.25, 0.3) is 5.91 Å². The molecule has 2 saturated heterocycles. The fraction of sp³-hybridized carbons (Fsp3) is 0.600. The van der Waals surface area contributed by atoms with Crippen LogP contribution in [0.1, 0.15) is 42.6 Å². The van der Waals surface area contributed by atoms with Gasteiger partial charge in [-0.1, -0.05) is 0 Å². The summed E-state index contributed by atoms with van der Waals surface area (Å²) in [6, 6.07) is 4.49. The lowest BCUT2D eigenvalue weighted by Crippen LogP contribution is -2.52. The molecule has 0 bridgehead atoms. The Morgan fingerprint density at radius 2 is 2.20 bits per heavy atom. The molecule has 2 aliphatic heterocycles. The number of pyridine rings is 1. The van der Waals surface area contributed by atoms with E-state index in [-0.39, 0.29) is 5.91 Å². The predicted molar refractivity (Wildman–Crippen MR) is 81.6 cm³/mol. The second-order valence-corrected chi connectivity index (χ2v) is 6.54. The number of likely N-dealkylation sites (tertiary alicyclic amines) is 1. The molecule has 2 aliphatic rings. The first-order valence-corrected chi connectivity index (χ1v) is 8.21. The molecule has 4 nitrogen and oxygen atoms in total. The Kier molecular flexibility index (Phi) is 4.36. The van der Waals surface area contributed by atoms with Crippen LogP contribution in [0.4, 0.5) is 0 Å². The van der Waals surface area contributed by atoms with E-state index in [1.54, 1.807) is 12.3 Å². The van der Waals surface area contributed by atoms with Crippen molar-refractivity contribution in [3.63, 3.8) is 0 Å². The molecule has 108 valence electrons. The Balaban J connectivity index is 1.78. The van der Waals surface area contributed by atoms with Crippen molar-refractivity contribution < 1.29 is 4.79 Å². The average Bonchev–Trinajstić information content (AvgIpc) is 3.01. The molecule has 0 aromatic carbocycles. The van der Waals surface area contributed by atoms with Crippen LogP contribution >= 0.6 is 15.9 Å². The Bertz CT molecular complexity index is 471. The van der Waals surface area contributed by atoms with E-state index >= 15 is 0 Å². The van der Waals surface area contributed by atoms with Gasteiger partial charge in [0.05, 0.1) is 0 Å². The molecule has 0 radical (unpaired) electrons. The highest BCUT2D eigenvalue weighted by atomic mass is 79.9. The van der Waals surface area contributed by atoms with E-state index in [1.165, 1.54) is 19.3 Å². The number of rotatable bonds is 2. The number of hydrogen-bond acceptors (Lipinski definition) is 3. The zero-order chi connectivity index (χ0) is 13.9. The zero-order valence-corrected chi connectivity index (χ0v) is 13.1. The minimum absolute atomic E-state index is 0.0795. The standard InChI is InChI=1S/C15H20BrN3O/c16-11-6-7-13(18-10-11)15(20)19-9-2-1-5-14(19)12-4-3-8-17-12/h6-7,10,12,14,17H,1-5,8-9H2. The minimum Gasteiger partial charge on any atom is -0.333 e. The van der Waals surface area contributed by atoms with Crippen molar-refractivity contribution in [3.8, 4) is 0 Å². The summed E-state index contributed by atoms with van der Waals surface area (Å²) in [4.78, 5) is 19.0. The summed E-state index contributed by atoms with van der Waals surface area (Å²) < 4.78 is 0.904. The molecule has 3 rings (SSSR count). The van der Waals surface area contributed by atoms with Crippen LogP contribution in [0.3, 0.4) is 0 Å². The van der Waals surface area contributed by atoms with Crippen LogP contribution in [0, 0.1) is 0 Å². The Morgan fingerprint density at radius 3 is 2.90 bits per heavy atom. The number of carbonyl (C=O) groups is 1. The first kappa shape index (κ1) is 14.0. The molecule has 1 amide bonds. The maximum atomic E-state index is 12.7. The number of halogens is 1. The Hall–Kier alpha value is -0.940. The van der Waals surface area contributed by atoms with Crippen molar-refractivity contribution in [2.45, 2.75) is 44.2 Å². The van der Waals surface area contributed by atoms with Crippen LogP contribution in [0.5, 0.6) is 0 Å². The third-order valence-electron chi connectivity index (χ3n) is 4.32. The molecule has 0 aliphatic carbocycles. The van der Waals surface area contributed by atoms with Gasteiger partial charge in [-0.05, 0) is 66.7 Å². The van der Waals surface area contributed by atoms with Crippen LogP contribution in [0.25, 0.3) is 0 Å². The number of carbonyl (C=O) groups excluding carboxylic acids is 1. The molecule has 2 atom stereocenters. The van der Waals surface area contributed by atoms with Crippen molar-refractivity contribution in [1.29, 1.82) is 0 Å². The first-order chi connectivity index (χ1) is 9.75. The third-order valence-corrected chi connectivity index (χ3v) is 4.79. The summed E-state index contributed by atoms with van der Waals surface area (Å²) in [5.74, 6) is 0.0795. The smallest absolute Gasteiger partial charge is 0.272 e. The van der Waals surface area contributed by atoms with Gasteiger partial charge in [0, 0.05) is 29.3 Å². The number of amides is 1. The second kappa shape index (κ2) is 6.22. The molecular weight excluding hydrogens is 318 g/mol. The summed E-state index contributed by atoms with van der Waals surface area (Å²) in [5.41, 5.74) is 0.554. The highest BCUT2D eigenvalue weighted by Gasteiger charge is 2.34. The largest absolute Gasteiger partial charge is 0.333 e. The summed E-state index contributed by atoms with van der Waals surface area (Å²) in [6.45, 7) is 1.94. The first-order valence-electron chi connectivity index (χ1n) is 7.41. The SMILES string of the molecule is O=C(c1ccc(Br)cn1)N1CCCCC1C1CCCN1. The van der Waals surface area contributed by atoms with Gasteiger partial charge in [0.1, 0.15) is 5.69 Å². The molecular formula is C15H20BrN3O. The van der Waals surface area contributed by atoms with Crippen LogP contribution in [0.15, 0.2) is 22.8 Å². The lowest BCUT2D eigenvalue weighted by molar-refractivity contribution is 0.0557. The normalized spacial score (nSPS) is 26.8. The molecule has 3 heterocycles. The number of aromatic nitrogens is 1. The van der Waals surface area contributed by atoms with E-state index in [4.69, 9.17) is 0 Å². The summed E-state index contributed by atoms with van der Waals surface area (Å²) in [7, 11) is 0. The molecule has 20 heavy (non-hydrogen) atoms. The summed E-state index contributed by atoms with van der Waals surface area (Å²) in [5, 5.41) is 3.55. The third kappa shape index (κ3) is 2.88. The van der Waals surface area contributed by atoms with Gasteiger partial charge in [-0.25, -0.2) is 4.98 Å². The fourth-order valence-corrected chi connectivity index (χ4v) is 3.55. The monoisotopic (exact) mass is 337 g/mol.